The van der Waals surface area contributed by atoms with Crippen molar-refractivity contribution < 1.29 is 27.1 Å². The van der Waals surface area contributed by atoms with Crippen molar-refractivity contribution in [2.75, 3.05) is 0 Å². The fraction of sp³-hybridized carbons (Fsp3) is 0.167. The van der Waals surface area contributed by atoms with Crippen molar-refractivity contribution in [1.29, 1.82) is 0 Å². The Morgan fingerprint density at radius 2 is 1.31 bits per heavy atom. The second kappa shape index (κ2) is 6.21. The topological polar surface area (TPSA) is 48.9 Å². The molecule has 26 heavy (non-hydrogen) atoms. The maximum Gasteiger partial charge on any atom is 0.424 e. The highest BCUT2D eigenvalue weighted by molar-refractivity contribution is 5.78. The van der Waals surface area contributed by atoms with Gasteiger partial charge in [-0.05, 0) is 55.5 Å². The molecule has 0 radical (unpaired) electrons. The van der Waals surface area contributed by atoms with Gasteiger partial charge in [-0.2, -0.15) is 13.2 Å². The molecule has 0 aliphatic carbocycles. The summed E-state index contributed by atoms with van der Waals surface area (Å²) in [6.07, 6.45) is -4.97. The molecule has 1 unspecified atom stereocenters. The summed E-state index contributed by atoms with van der Waals surface area (Å²) in [7, 11) is 0. The first-order valence-electron chi connectivity index (χ1n) is 7.51. The Hall–Kier alpha value is -2.74. The standard InChI is InChI=1S/C18H13F5N2O/c1-17(26,18(21,22)23)16-24-14(10-2-6-12(19)7-3-10)15(25-16)11-4-8-13(20)9-5-11/h2-9,26H,1H3,(H,24,25). The van der Waals surface area contributed by atoms with Gasteiger partial charge in [-0.3, -0.25) is 0 Å². The Kier molecular flexibility index (Phi) is 4.31. The minimum Gasteiger partial charge on any atom is -0.374 e. The van der Waals surface area contributed by atoms with E-state index >= 15 is 0 Å². The first kappa shape index (κ1) is 18.1. The van der Waals surface area contributed by atoms with Gasteiger partial charge in [0.1, 0.15) is 17.5 Å². The third kappa shape index (κ3) is 3.20. The van der Waals surface area contributed by atoms with Gasteiger partial charge in [-0.1, -0.05) is 0 Å². The quantitative estimate of drug-likeness (QED) is 0.653. The van der Waals surface area contributed by atoms with Crippen LogP contribution in [0.4, 0.5) is 22.0 Å². The molecule has 0 aliphatic heterocycles. The highest BCUT2D eigenvalue weighted by atomic mass is 19.4. The molecule has 8 heteroatoms. The Bertz CT molecular complexity index is 849. The van der Waals surface area contributed by atoms with Gasteiger partial charge in [0, 0.05) is 11.1 Å². The van der Waals surface area contributed by atoms with Gasteiger partial charge in [0.15, 0.2) is 0 Å². The molecule has 2 aromatic carbocycles. The van der Waals surface area contributed by atoms with Crippen LogP contribution >= 0.6 is 0 Å². The average Bonchev–Trinajstić information content (AvgIpc) is 3.01. The number of benzene rings is 2. The van der Waals surface area contributed by atoms with Gasteiger partial charge < -0.3 is 10.1 Å². The molecule has 3 aromatic rings. The maximum absolute atomic E-state index is 13.2. The molecule has 0 amide bonds. The summed E-state index contributed by atoms with van der Waals surface area (Å²) >= 11 is 0. The van der Waals surface area contributed by atoms with Gasteiger partial charge in [0.25, 0.3) is 0 Å². The number of rotatable bonds is 3. The van der Waals surface area contributed by atoms with Crippen molar-refractivity contribution in [3.05, 3.63) is 66.0 Å². The highest BCUT2D eigenvalue weighted by Crippen LogP contribution is 2.40. The van der Waals surface area contributed by atoms with E-state index in [1.54, 1.807) is 0 Å². The lowest BCUT2D eigenvalue weighted by Crippen LogP contribution is -2.40. The zero-order valence-corrected chi connectivity index (χ0v) is 13.4. The SMILES string of the molecule is CC(O)(c1nc(-c2ccc(F)cc2)c(-c2ccc(F)cc2)[nH]1)C(F)(F)F. The van der Waals surface area contributed by atoms with E-state index in [1.807, 2.05) is 0 Å². The van der Waals surface area contributed by atoms with E-state index in [2.05, 4.69) is 9.97 Å². The number of hydrogen-bond donors (Lipinski definition) is 2. The number of halogens is 5. The van der Waals surface area contributed by atoms with E-state index in [0.29, 0.717) is 18.1 Å². The molecule has 0 spiro atoms. The van der Waals surface area contributed by atoms with E-state index in [4.69, 9.17) is 0 Å². The van der Waals surface area contributed by atoms with Crippen molar-refractivity contribution in [2.24, 2.45) is 0 Å². The molecule has 136 valence electrons. The van der Waals surface area contributed by atoms with Crippen molar-refractivity contribution in [3.8, 4) is 22.5 Å². The van der Waals surface area contributed by atoms with Crippen LogP contribution in [-0.4, -0.2) is 21.3 Å². The molecule has 0 bridgehead atoms. The molecule has 1 atom stereocenters. The van der Waals surface area contributed by atoms with Crippen LogP contribution < -0.4 is 0 Å². The predicted octanol–water partition coefficient (Wildman–Crippen LogP) is 4.79. The lowest BCUT2D eigenvalue weighted by Gasteiger charge is -2.23. The smallest absolute Gasteiger partial charge is 0.374 e. The number of nitrogens with one attached hydrogen (secondary N) is 1. The summed E-state index contributed by atoms with van der Waals surface area (Å²) < 4.78 is 65.8. The molecule has 0 saturated heterocycles. The fourth-order valence-electron chi connectivity index (χ4n) is 2.38. The Morgan fingerprint density at radius 1 is 0.846 bits per heavy atom. The van der Waals surface area contributed by atoms with Gasteiger partial charge in [-0.15, -0.1) is 0 Å². The summed E-state index contributed by atoms with van der Waals surface area (Å²) in [5, 5.41) is 9.90. The number of alkyl halides is 3. The van der Waals surface area contributed by atoms with E-state index in [0.717, 1.165) is 24.3 Å². The number of aromatic nitrogens is 2. The summed E-state index contributed by atoms with van der Waals surface area (Å²) in [5.74, 6) is -1.75. The molecule has 0 saturated carbocycles. The van der Waals surface area contributed by atoms with Crippen LogP contribution in [0.1, 0.15) is 12.7 Å². The minimum atomic E-state index is -4.97. The summed E-state index contributed by atoms with van der Waals surface area (Å²) in [4.78, 5) is 6.39. The van der Waals surface area contributed by atoms with Gasteiger partial charge in [0.05, 0.1) is 11.4 Å². The number of hydrogen-bond acceptors (Lipinski definition) is 2. The van der Waals surface area contributed by atoms with Crippen LogP contribution in [0.5, 0.6) is 0 Å². The summed E-state index contributed by atoms with van der Waals surface area (Å²) in [5.41, 5.74) is -2.29. The van der Waals surface area contributed by atoms with Crippen molar-refractivity contribution in [3.63, 3.8) is 0 Å². The van der Waals surface area contributed by atoms with Crippen LogP contribution in [0.15, 0.2) is 48.5 Å². The number of imidazole rings is 1. The monoisotopic (exact) mass is 368 g/mol. The third-order valence-corrected chi connectivity index (χ3v) is 3.97. The van der Waals surface area contributed by atoms with Crippen molar-refractivity contribution >= 4 is 0 Å². The molecule has 2 N–H and O–H groups in total. The van der Waals surface area contributed by atoms with Gasteiger partial charge in [-0.25, -0.2) is 13.8 Å². The Balaban J connectivity index is 2.21. The van der Waals surface area contributed by atoms with Crippen LogP contribution in [0.3, 0.4) is 0 Å². The number of aliphatic hydroxyl groups is 1. The summed E-state index contributed by atoms with van der Waals surface area (Å²) in [6, 6.07) is 10.00. The third-order valence-electron chi connectivity index (χ3n) is 3.97. The second-order valence-corrected chi connectivity index (χ2v) is 5.89. The summed E-state index contributed by atoms with van der Waals surface area (Å²) in [6.45, 7) is 0.578. The Morgan fingerprint density at radius 3 is 1.77 bits per heavy atom. The maximum atomic E-state index is 13.2. The van der Waals surface area contributed by atoms with Crippen LogP contribution in [0.25, 0.3) is 22.5 Å². The van der Waals surface area contributed by atoms with Crippen LogP contribution in [0, 0.1) is 11.6 Å². The largest absolute Gasteiger partial charge is 0.424 e. The highest BCUT2D eigenvalue weighted by Gasteiger charge is 2.53. The number of nitrogens with zero attached hydrogens (tertiary/aromatic N) is 1. The molecule has 3 rings (SSSR count). The molecular weight excluding hydrogens is 355 g/mol. The van der Waals surface area contributed by atoms with Crippen molar-refractivity contribution in [1.82, 2.24) is 9.97 Å². The molecule has 0 fully saturated rings. The first-order chi connectivity index (χ1) is 12.1. The zero-order valence-electron chi connectivity index (χ0n) is 13.4. The average molecular weight is 368 g/mol. The van der Waals surface area contributed by atoms with Gasteiger partial charge >= 0.3 is 6.18 Å². The predicted molar refractivity (Wildman–Crippen MR) is 85.0 cm³/mol. The van der Waals surface area contributed by atoms with Gasteiger partial charge in [0.2, 0.25) is 5.60 Å². The molecular formula is C18H13F5N2O. The van der Waals surface area contributed by atoms with Crippen LogP contribution in [-0.2, 0) is 5.60 Å². The normalized spacial score (nSPS) is 14.3. The lowest BCUT2D eigenvalue weighted by atomic mass is 10.1. The number of aromatic amines is 1. The van der Waals surface area contributed by atoms with Crippen LogP contribution in [0.2, 0.25) is 0 Å². The minimum absolute atomic E-state index is 0.0798. The molecule has 0 aliphatic rings. The zero-order chi connectivity index (χ0) is 19.1. The van der Waals surface area contributed by atoms with E-state index < -0.39 is 29.2 Å². The first-order valence-corrected chi connectivity index (χ1v) is 7.51. The van der Waals surface area contributed by atoms with E-state index in [9.17, 15) is 27.1 Å². The number of H-pyrrole nitrogens is 1. The molecule has 1 aromatic heterocycles. The molecule has 1 heterocycles. The van der Waals surface area contributed by atoms with E-state index in [-0.39, 0.29) is 11.4 Å². The van der Waals surface area contributed by atoms with E-state index in [1.165, 1.54) is 24.3 Å². The van der Waals surface area contributed by atoms with Crippen molar-refractivity contribution in [2.45, 2.75) is 18.7 Å². The lowest BCUT2D eigenvalue weighted by molar-refractivity contribution is -0.261. The molecule has 3 nitrogen and oxygen atoms in total. The fourth-order valence-corrected chi connectivity index (χ4v) is 2.38. The Labute approximate surface area is 145 Å². The second-order valence-electron chi connectivity index (χ2n) is 5.89.